The number of hydrogen-bond donors (Lipinski definition) is 1. The molecule has 0 heterocycles. The fraction of sp³-hybridized carbons (Fsp3) is 0.294. The SMILES string of the molecule is CC1(C)Cc2ccccc2C1Nc1c(F)cc(F)cc1F. The fourth-order valence-corrected chi connectivity index (χ4v) is 3.09. The van der Waals surface area contributed by atoms with E-state index in [9.17, 15) is 13.2 Å². The first-order valence-electron chi connectivity index (χ1n) is 6.87. The number of hydrogen-bond acceptors (Lipinski definition) is 1. The Morgan fingerprint density at radius 2 is 1.67 bits per heavy atom. The van der Waals surface area contributed by atoms with Crippen molar-refractivity contribution in [3.8, 4) is 0 Å². The highest BCUT2D eigenvalue weighted by Crippen LogP contribution is 2.47. The number of fused-ring (bicyclic) bond motifs is 1. The van der Waals surface area contributed by atoms with Gasteiger partial charge in [0.2, 0.25) is 0 Å². The Morgan fingerprint density at radius 3 is 2.33 bits per heavy atom. The first-order valence-corrected chi connectivity index (χ1v) is 6.87. The van der Waals surface area contributed by atoms with E-state index in [1.54, 1.807) is 0 Å². The zero-order valence-electron chi connectivity index (χ0n) is 11.9. The molecule has 0 aliphatic heterocycles. The van der Waals surface area contributed by atoms with E-state index >= 15 is 0 Å². The highest BCUT2D eigenvalue weighted by Gasteiger charge is 2.39. The third-order valence-corrected chi connectivity index (χ3v) is 4.09. The molecule has 2 aromatic rings. The molecule has 110 valence electrons. The average molecular weight is 291 g/mol. The van der Waals surface area contributed by atoms with E-state index in [2.05, 4.69) is 5.32 Å². The number of halogens is 3. The molecule has 1 aliphatic carbocycles. The van der Waals surface area contributed by atoms with E-state index < -0.39 is 17.5 Å². The van der Waals surface area contributed by atoms with Crippen LogP contribution in [0.4, 0.5) is 18.9 Å². The van der Waals surface area contributed by atoms with E-state index in [1.807, 2.05) is 38.1 Å². The van der Waals surface area contributed by atoms with Crippen LogP contribution in [-0.2, 0) is 6.42 Å². The lowest BCUT2D eigenvalue weighted by molar-refractivity contribution is 0.335. The van der Waals surface area contributed by atoms with Gasteiger partial charge < -0.3 is 5.32 Å². The molecule has 3 rings (SSSR count). The van der Waals surface area contributed by atoms with E-state index in [-0.39, 0.29) is 17.1 Å². The van der Waals surface area contributed by atoms with Crippen LogP contribution in [0.1, 0.15) is 31.0 Å². The minimum atomic E-state index is -0.915. The van der Waals surface area contributed by atoms with Crippen LogP contribution >= 0.6 is 0 Å². The second kappa shape index (κ2) is 4.79. The molecule has 1 unspecified atom stereocenters. The Bertz CT molecular complexity index is 671. The monoisotopic (exact) mass is 291 g/mol. The maximum atomic E-state index is 13.9. The Kier molecular flexibility index (Phi) is 3.19. The lowest BCUT2D eigenvalue weighted by Gasteiger charge is -2.29. The second-order valence-electron chi connectivity index (χ2n) is 6.19. The van der Waals surface area contributed by atoms with Gasteiger partial charge in [0, 0.05) is 12.1 Å². The molecule has 0 spiro atoms. The molecule has 1 aliphatic rings. The topological polar surface area (TPSA) is 12.0 Å². The van der Waals surface area contributed by atoms with E-state index in [4.69, 9.17) is 0 Å². The largest absolute Gasteiger partial charge is 0.373 e. The molecule has 0 fully saturated rings. The minimum Gasteiger partial charge on any atom is -0.373 e. The van der Waals surface area contributed by atoms with Crippen molar-refractivity contribution in [1.82, 2.24) is 0 Å². The van der Waals surface area contributed by atoms with Gasteiger partial charge in [-0.05, 0) is 23.0 Å². The summed E-state index contributed by atoms with van der Waals surface area (Å²) in [6.07, 6.45) is 0.825. The Hall–Kier alpha value is -1.97. The first-order chi connectivity index (χ1) is 9.88. The summed E-state index contributed by atoms with van der Waals surface area (Å²) in [6.45, 7) is 4.09. The van der Waals surface area contributed by atoms with Gasteiger partial charge in [0.05, 0.1) is 6.04 Å². The molecule has 1 nitrogen and oxygen atoms in total. The maximum absolute atomic E-state index is 13.9. The van der Waals surface area contributed by atoms with Crippen LogP contribution in [0.2, 0.25) is 0 Å². The van der Waals surface area contributed by atoms with Crippen molar-refractivity contribution in [2.75, 3.05) is 5.32 Å². The molecule has 4 heteroatoms. The van der Waals surface area contributed by atoms with Gasteiger partial charge in [-0.3, -0.25) is 0 Å². The summed E-state index contributed by atoms with van der Waals surface area (Å²) in [5, 5.41) is 2.93. The normalized spacial score (nSPS) is 19.4. The van der Waals surface area contributed by atoms with Crippen LogP contribution in [-0.4, -0.2) is 0 Å². The highest BCUT2D eigenvalue weighted by atomic mass is 19.1. The summed E-state index contributed by atoms with van der Waals surface area (Å²) in [5.41, 5.74) is 1.75. The smallest absolute Gasteiger partial charge is 0.152 e. The summed E-state index contributed by atoms with van der Waals surface area (Å²) >= 11 is 0. The predicted molar refractivity (Wildman–Crippen MR) is 76.6 cm³/mol. The lowest BCUT2D eigenvalue weighted by Crippen LogP contribution is -2.25. The molecule has 0 saturated carbocycles. The van der Waals surface area contributed by atoms with Gasteiger partial charge in [-0.15, -0.1) is 0 Å². The van der Waals surface area contributed by atoms with Crippen molar-refractivity contribution < 1.29 is 13.2 Å². The number of anilines is 1. The molecular formula is C17H16F3N. The van der Waals surface area contributed by atoms with Crippen molar-refractivity contribution >= 4 is 5.69 Å². The van der Waals surface area contributed by atoms with Gasteiger partial charge in [-0.2, -0.15) is 0 Å². The Balaban J connectivity index is 2.02. The average Bonchev–Trinajstić information content (AvgIpc) is 2.63. The molecule has 1 atom stereocenters. The molecule has 0 aromatic heterocycles. The zero-order valence-corrected chi connectivity index (χ0v) is 11.9. The number of benzene rings is 2. The summed E-state index contributed by atoms with van der Waals surface area (Å²) in [6, 6.07) is 9.02. The first kappa shape index (κ1) is 14.0. The van der Waals surface area contributed by atoms with Crippen LogP contribution in [0, 0.1) is 22.9 Å². The van der Waals surface area contributed by atoms with Crippen molar-refractivity contribution in [3.05, 3.63) is 65.0 Å². The van der Waals surface area contributed by atoms with Gasteiger partial charge >= 0.3 is 0 Å². The Labute approximate surface area is 121 Å². The minimum absolute atomic E-state index is 0.184. The van der Waals surface area contributed by atoms with Gasteiger partial charge in [0.1, 0.15) is 11.5 Å². The molecule has 0 bridgehead atoms. The van der Waals surface area contributed by atoms with Crippen LogP contribution in [0.3, 0.4) is 0 Å². The van der Waals surface area contributed by atoms with Gasteiger partial charge in [-0.1, -0.05) is 38.1 Å². The van der Waals surface area contributed by atoms with Gasteiger partial charge in [0.15, 0.2) is 11.6 Å². The maximum Gasteiger partial charge on any atom is 0.152 e. The van der Waals surface area contributed by atoms with Gasteiger partial charge in [-0.25, -0.2) is 13.2 Å². The third-order valence-electron chi connectivity index (χ3n) is 4.09. The van der Waals surface area contributed by atoms with Crippen LogP contribution in [0.25, 0.3) is 0 Å². The van der Waals surface area contributed by atoms with Crippen molar-refractivity contribution in [1.29, 1.82) is 0 Å². The third kappa shape index (κ3) is 2.39. The van der Waals surface area contributed by atoms with E-state index in [0.717, 1.165) is 12.0 Å². The molecule has 21 heavy (non-hydrogen) atoms. The lowest BCUT2D eigenvalue weighted by atomic mass is 9.85. The molecule has 1 N–H and O–H groups in total. The Morgan fingerprint density at radius 1 is 1.05 bits per heavy atom. The van der Waals surface area contributed by atoms with Gasteiger partial charge in [0.25, 0.3) is 0 Å². The summed E-state index contributed by atoms with van der Waals surface area (Å²) in [7, 11) is 0. The zero-order chi connectivity index (χ0) is 15.2. The summed E-state index contributed by atoms with van der Waals surface area (Å²) in [5.74, 6) is -2.73. The molecule has 0 saturated heterocycles. The van der Waals surface area contributed by atoms with Crippen LogP contribution in [0.15, 0.2) is 36.4 Å². The summed E-state index contributed by atoms with van der Waals surface area (Å²) in [4.78, 5) is 0. The second-order valence-corrected chi connectivity index (χ2v) is 6.19. The van der Waals surface area contributed by atoms with E-state index in [0.29, 0.717) is 12.1 Å². The molecule has 0 radical (unpaired) electrons. The van der Waals surface area contributed by atoms with E-state index in [1.165, 1.54) is 5.56 Å². The summed E-state index contributed by atoms with van der Waals surface area (Å²) < 4.78 is 40.7. The molecule has 0 amide bonds. The van der Waals surface area contributed by atoms with Crippen LogP contribution in [0.5, 0.6) is 0 Å². The van der Waals surface area contributed by atoms with Crippen molar-refractivity contribution in [3.63, 3.8) is 0 Å². The predicted octanol–water partition coefficient (Wildman–Crippen LogP) is 4.84. The molecule has 2 aromatic carbocycles. The number of nitrogens with one attached hydrogen (secondary N) is 1. The standard InChI is InChI=1S/C17H16F3N/c1-17(2)9-10-5-3-4-6-12(10)16(17)21-15-13(19)7-11(18)8-14(15)20/h3-8,16,21H,9H2,1-2H3. The van der Waals surface area contributed by atoms with Crippen LogP contribution < -0.4 is 5.32 Å². The molecular weight excluding hydrogens is 275 g/mol. The fourth-order valence-electron chi connectivity index (χ4n) is 3.09. The highest BCUT2D eigenvalue weighted by molar-refractivity contribution is 5.51. The van der Waals surface area contributed by atoms with Crippen molar-refractivity contribution in [2.24, 2.45) is 5.41 Å². The number of rotatable bonds is 2. The van der Waals surface area contributed by atoms with Crippen molar-refractivity contribution in [2.45, 2.75) is 26.3 Å². The quantitative estimate of drug-likeness (QED) is 0.835.